The molecule has 0 saturated heterocycles. The highest BCUT2D eigenvalue weighted by molar-refractivity contribution is 4.69. The highest BCUT2D eigenvalue weighted by Crippen LogP contribution is 1.96. The van der Waals surface area contributed by atoms with Crippen LogP contribution in [0.15, 0.2) is 0 Å². The molecule has 0 saturated carbocycles. The van der Waals surface area contributed by atoms with Crippen LogP contribution in [0, 0.1) is 0 Å². The molecule has 15 heavy (non-hydrogen) atoms. The number of nitrogens with one attached hydrogen (secondary N) is 1. The monoisotopic (exact) mass is 216 g/mol. The maximum absolute atomic E-state index is 5.27. The van der Waals surface area contributed by atoms with Crippen molar-refractivity contribution in [3.63, 3.8) is 0 Å². The maximum Gasteiger partial charge on any atom is 0.0693 e. The van der Waals surface area contributed by atoms with Gasteiger partial charge in [-0.25, -0.2) is 0 Å². The highest BCUT2D eigenvalue weighted by atomic mass is 16.5. The molecule has 92 valence electrons. The van der Waals surface area contributed by atoms with Crippen molar-refractivity contribution in [2.75, 3.05) is 33.3 Å². The molecule has 0 amide bonds. The average molecular weight is 216 g/mol. The molecule has 0 aromatic carbocycles. The smallest absolute Gasteiger partial charge is 0.0693 e. The van der Waals surface area contributed by atoms with Crippen LogP contribution in [0.2, 0.25) is 0 Å². The van der Waals surface area contributed by atoms with Crippen LogP contribution in [0.1, 0.15) is 34.1 Å². The van der Waals surface area contributed by atoms with Crippen molar-refractivity contribution in [2.24, 2.45) is 0 Å². The van der Waals surface area contributed by atoms with E-state index in [0.717, 1.165) is 19.6 Å². The summed E-state index contributed by atoms with van der Waals surface area (Å²) in [5.41, 5.74) is 0. The van der Waals surface area contributed by atoms with Gasteiger partial charge in [0.05, 0.1) is 6.10 Å². The lowest BCUT2D eigenvalue weighted by atomic mass is 10.2. The second kappa shape index (κ2) is 9.13. The second-order valence-corrected chi connectivity index (χ2v) is 4.12. The summed E-state index contributed by atoms with van der Waals surface area (Å²) in [5.74, 6) is 0. The number of nitrogens with zero attached hydrogens (tertiary/aromatic N) is 1. The largest absolute Gasteiger partial charge is 0.380 e. The first kappa shape index (κ1) is 14.9. The Morgan fingerprint density at radius 3 is 2.33 bits per heavy atom. The molecule has 0 heterocycles. The minimum Gasteiger partial charge on any atom is -0.380 e. The molecule has 0 aromatic heterocycles. The van der Waals surface area contributed by atoms with Gasteiger partial charge in [-0.1, -0.05) is 13.8 Å². The van der Waals surface area contributed by atoms with Crippen LogP contribution in [0.5, 0.6) is 0 Å². The third-order valence-electron chi connectivity index (χ3n) is 2.96. The Kier molecular flexibility index (Phi) is 9.06. The maximum atomic E-state index is 5.27. The SMILES string of the molecule is CCCN(CC)CCNC(C)C(C)OC. The van der Waals surface area contributed by atoms with Crippen LogP contribution >= 0.6 is 0 Å². The van der Waals surface area contributed by atoms with Gasteiger partial charge >= 0.3 is 0 Å². The molecule has 0 bridgehead atoms. The van der Waals surface area contributed by atoms with Gasteiger partial charge in [-0.15, -0.1) is 0 Å². The molecule has 0 rings (SSSR count). The highest BCUT2D eigenvalue weighted by Gasteiger charge is 2.10. The predicted molar refractivity (Wildman–Crippen MR) is 66.3 cm³/mol. The van der Waals surface area contributed by atoms with E-state index in [4.69, 9.17) is 4.74 Å². The van der Waals surface area contributed by atoms with E-state index in [1.165, 1.54) is 13.0 Å². The Bertz CT molecular complexity index is 140. The number of likely N-dealkylation sites (N-methyl/N-ethyl adjacent to an activating group) is 1. The van der Waals surface area contributed by atoms with Crippen molar-refractivity contribution >= 4 is 0 Å². The zero-order valence-corrected chi connectivity index (χ0v) is 11.0. The third-order valence-corrected chi connectivity index (χ3v) is 2.96. The van der Waals surface area contributed by atoms with Crippen molar-refractivity contribution in [1.29, 1.82) is 0 Å². The second-order valence-electron chi connectivity index (χ2n) is 4.12. The van der Waals surface area contributed by atoms with Gasteiger partial charge in [-0.05, 0) is 33.4 Å². The fourth-order valence-electron chi connectivity index (χ4n) is 1.56. The first-order valence-corrected chi connectivity index (χ1v) is 6.14. The van der Waals surface area contributed by atoms with Crippen molar-refractivity contribution in [3.8, 4) is 0 Å². The Morgan fingerprint density at radius 2 is 1.87 bits per heavy atom. The van der Waals surface area contributed by atoms with E-state index in [2.05, 4.69) is 37.9 Å². The van der Waals surface area contributed by atoms with Crippen molar-refractivity contribution in [3.05, 3.63) is 0 Å². The molecule has 0 radical (unpaired) electrons. The third kappa shape index (κ3) is 6.88. The zero-order chi connectivity index (χ0) is 11.7. The van der Waals surface area contributed by atoms with Crippen LogP contribution < -0.4 is 5.32 Å². The summed E-state index contributed by atoms with van der Waals surface area (Å²) >= 11 is 0. The summed E-state index contributed by atoms with van der Waals surface area (Å²) in [6.45, 7) is 13.2. The van der Waals surface area contributed by atoms with Gasteiger partial charge in [0, 0.05) is 26.2 Å². The van der Waals surface area contributed by atoms with Crippen molar-refractivity contribution < 1.29 is 4.74 Å². The minimum absolute atomic E-state index is 0.284. The van der Waals surface area contributed by atoms with Crippen LogP contribution in [0.25, 0.3) is 0 Å². The van der Waals surface area contributed by atoms with Gasteiger partial charge in [-0.3, -0.25) is 0 Å². The van der Waals surface area contributed by atoms with E-state index in [9.17, 15) is 0 Å². The molecule has 0 aliphatic carbocycles. The first-order valence-electron chi connectivity index (χ1n) is 6.14. The Labute approximate surface area is 95.2 Å². The van der Waals surface area contributed by atoms with Crippen LogP contribution in [0.3, 0.4) is 0 Å². The fraction of sp³-hybridized carbons (Fsp3) is 1.00. The van der Waals surface area contributed by atoms with E-state index < -0.39 is 0 Å². The van der Waals surface area contributed by atoms with Gasteiger partial charge in [0.25, 0.3) is 0 Å². The van der Waals surface area contributed by atoms with E-state index in [0.29, 0.717) is 6.04 Å². The number of hydrogen-bond donors (Lipinski definition) is 1. The van der Waals surface area contributed by atoms with Gasteiger partial charge < -0.3 is 15.0 Å². The van der Waals surface area contributed by atoms with E-state index in [1.54, 1.807) is 7.11 Å². The molecule has 3 heteroatoms. The normalized spacial score (nSPS) is 15.6. The fourth-order valence-corrected chi connectivity index (χ4v) is 1.56. The lowest BCUT2D eigenvalue weighted by molar-refractivity contribution is 0.0876. The summed E-state index contributed by atoms with van der Waals surface area (Å²) in [6.07, 6.45) is 1.52. The lowest BCUT2D eigenvalue weighted by Gasteiger charge is -2.23. The number of methoxy groups -OCH3 is 1. The summed E-state index contributed by atoms with van der Waals surface area (Å²) in [7, 11) is 1.76. The summed E-state index contributed by atoms with van der Waals surface area (Å²) < 4.78 is 5.27. The molecule has 0 aliphatic heterocycles. The molecule has 1 N–H and O–H groups in total. The van der Waals surface area contributed by atoms with E-state index >= 15 is 0 Å². The molecule has 3 nitrogen and oxygen atoms in total. The van der Waals surface area contributed by atoms with Gasteiger partial charge in [0.2, 0.25) is 0 Å². The van der Waals surface area contributed by atoms with Crippen LogP contribution in [-0.4, -0.2) is 50.3 Å². The molecule has 0 fully saturated rings. The Hall–Kier alpha value is -0.120. The number of rotatable bonds is 9. The van der Waals surface area contributed by atoms with Crippen LogP contribution in [0.4, 0.5) is 0 Å². The number of ether oxygens (including phenoxy) is 1. The first-order chi connectivity index (χ1) is 7.15. The quantitative estimate of drug-likeness (QED) is 0.635. The molecule has 0 aromatic rings. The zero-order valence-electron chi connectivity index (χ0n) is 11.0. The molecule has 0 aliphatic rings. The topological polar surface area (TPSA) is 24.5 Å². The standard InChI is InChI=1S/C12H28N2O/c1-6-9-14(7-2)10-8-13-11(3)12(4)15-5/h11-13H,6-10H2,1-5H3. The lowest BCUT2D eigenvalue weighted by Crippen LogP contribution is -2.41. The number of hydrogen-bond acceptors (Lipinski definition) is 3. The minimum atomic E-state index is 0.284. The van der Waals surface area contributed by atoms with Crippen LogP contribution in [-0.2, 0) is 4.74 Å². The molecule has 2 unspecified atom stereocenters. The van der Waals surface area contributed by atoms with E-state index in [-0.39, 0.29) is 6.10 Å². The van der Waals surface area contributed by atoms with Gasteiger partial charge in [0.15, 0.2) is 0 Å². The van der Waals surface area contributed by atoms with Gasteiger partial charge in [-0.2, -0.15) is 0 Å². The summed E-state index contributed by atoms with van der Waals surface area (Å²) in [4.78, 5) is 2.47. The van der Waals surface area contributed by atoms with Crippen molar-refractivity contribution in [1.82, 2.24) is 10.2 Å². The Balaban J connectivity index is 3.58. The summed E-state index contributed by atoms with van der Waals surface area (Å²) in [5, 5.41) is 3.49. The molecular formula is C12H28N2O. The molecule has 2 atom stereocenters. The van der Waals surface area contributed by atoms with E-state index in [1.807, 2.05) is 0 Å². The average Bonchev–Trinajstić information content (AvgIpc) is 2.26. The summed E-state index contributed by atoms with van der Waals surface area (Å²) in [6, 6.07) is 0.426. The Morgan fingerprint density at radius 1 is 1.20 bits per heavy atom. The predicted octanol–water partition coefficient (Wildman–Crippen LogP) is 1.73. The van der Waals surface area contributed by atoms with Crippen molar-refractivity contribution in [2.45, 2.75) is 46.3 Å². The molecule has 0 spiro atoms. The molecular weight excluding hydrogens is 188 g/mol. The van der Waals surface area contributed by atoms with Gasteiger partial charge in [0.1, 0.15) is 0 Å².